The molecular formula is C11H24. The van der Waals surface area contributed by atoms with Gasteiger partial charge in [0.2, 0.25) is 0 Å². The third-order valence-corrected chi connectivity index (χ3v) is 2.98. The molecule has 0 nitrogen and oxygen atoms in total. The van der Waals surface area contributed by atoms with Gasteiger partial charge in [-0.2, -0.15) is 0 Å². The third-order valence-electron chi connectivity index (χ3n) is 2.98. The van der Waals surface area contributed by atoms with E-state index in [1.807, 2.05) is 13.8 Å². The normalized spacial score (nSPS) is 25.4. The van der Waals surface area contributed by atoms with E-state index in [-0.39, 0.29) is 7.43 Å². The van der Waals surface area contributed by atoms with E-state index in [0.29, 0.717) is 0 Å². The third kappa shape index (κ3) is 1.98. The molecule has 2 aliphatic carbocycles. The maximum Gasteiger partial charge on any atom is -0.0292 e. The van der Waals surface area contributed by atoms with Crippen LogP contribution in [0.25, 0.3) is 0 Å². The molecule has 2 rings (SSSR count). The first kappa shape index (κ1) is 11.0. The summed E-state index contributed by atoms with van der Waals surface area (Å²) in [7, 11) is 0. The van der Waals surface area contributed by atoms with Crippen LogP contribution in [0.2, 0.25) is 0 Å². The maximum absolute atomic E-state index is 2.38. The monoisotopic (exact) mass is 156 g/mol. The van der Waals surface area contributed by atoms with Crippen LogP contribution in [0.5, 0.6) is 0 Å². The molecule has 0 aliphatic heterocycles. The fourth-order valence-corrected chi connectivity index (χ4v) is 2.50. The Morgan fingerprint density at radius 1 is 1.09 bits per heavy atom. The van der Waals surface area contributed by atoms with E-state index in [1.165, 1.54) is 6.42 Å². The van der Waals surface area contributed by atoms with E-state index in [4.69, 9.17) is 0 Å². The minimum Gasteiger partial charge on any atom is -0.0776 e. The molecule has 2 saturated carbocycles. The van der Waals surface area contributed by atoms with Gasteiger partial charge in [0.25, 0.3) is 0 Å². The fourth-order valence-electron chi connectivity index (χ4n) is 2.50. The van der Waals surface area contributed by atoms with Gasteiger partial charge in [-0.25, -0.2) is 0 Å². The van der Waals surface area contributed by atoms with Crippen LogP contribution in [0.4, 0.5) is 0 Å². The van der Waals surface area contributed by atoms with E-state index in [1.54, 1.807) is 25.7 Å². The van der Waals surface area contributed by atoms with Crippen molar-refractivity contribution in [3.05, 3.63) is 0 Å². The second kappa shape index (κ2) is 4.13. The van der Waals surface area contributed by atoms with E-state index in [2.05, 4.69) is 6.92 Å². The Balaban J connectivity index is 0.000000311. The standard InChI is InChI=1S/C8H14.C2H6.CH4/c1-7-5-8(6-7)3-2-4-8;1-2;/h7H,2-6H2,1H3;1-2H3;1H4. The summed E-state index contributed by atoms with van der Waals surface area (Å²) < 4.78 is 0. The van der Waals surface area contributed by atoms with Crippen molar-refractivity contribution in [2.75, 3.05) is 0 Å². The highest BCUT2D eigenvalue weighted by molar-refractivity contribution is 4.97. The average Bonchev–Trinajstić information content (AvgIpc) is 1.82. The lowest BCUT2D eigenvalue weighted by Crippen LogP contribution is -2.41. The SMILES string of the molecule is C.CC.CC1CC2(CCC2)C1. The Morgan fingerprint density at radius 2 is 1.55 bits per heavy atom. The van der Waals surface area contributed by atoms with Crippen LogP contribution in [0.15, 0.2) is 0 Å². The minimum absolute atomic E-state index is 0. The van der Waals surface area contributed by atoms with Crippen LogP contribution in [0.3, 0.4) is 0 Å². The van der Waals surface area contributed by atoms with Gasteiger partial charge in [0.1, 0.15) is 0 Å². The van der Waals surface area contributed by atoms with Crippen molar-refractivity contribution < 1.29 is 0 Å². The molecule has 0 N–H and O–H groups in total. The molecule has 68 valence electrons. The molecule has 0 aromatic rings. The van der Waals surface area contributed by atoms with Gasteiger partial charge in [0, 0.05) is 0 Å². The van der Waals surface area contributed by atoms with Crippen molar-refractivity contribution >= 4 is 0 Å². The second-order valence-electron chi connectivity index (χ2n) is 3.87. The summed E-state index contributed by atoms with van der Waals surface area (Å²) in [5.41, 5.74) is 0.916. The molecular weight excluding hydrogens is 132 g/mol. The first-order valence-electron chi connectivity index (χ1n) is 4.81. The summed E-state index contributed by atoms with van der Waals surface area (Å²) in [4.78, 5) is 0. The molecule has 0 saturated heterocycles. The topological polar surface area (TPSA) is 0 Å². The predicted octanol–water partition coefficient (Wildman–Crippen LogP) is 4.25. The lowest BCUT2D eigenvalue weighted by molar-refractivity contribution is -0.0161. The molecule has 0 aromatic carbocycles. The Labute approximate surface area is 72.4 Å². The maximum atomic E-state index is 2.38. The largest absolute Gasteiger partial charge is 0.0776 e. The Hall–Kier alpha value is 0. The summed E-state index contributed by atoms with van der Waals surface area (Å²) in [6.45, 7) is 6.38. The molecule has 0 heterocycles. The van der Waals surface area contributed by atoms with Gasteiger partial charge in [-0.3, -0.25) is 0 Å². The molecule has 1 spiro atoms. The van der Waals surface area contributed by atoms with Crippen molar-refractivity contribution in [3.8, 4) is 0 Å². The summed E-state index contributed by atoms with van der Waals surface area (Å²) in [5, 5.41) is 0. The molecule has 0 atom stereocenters. The van der Waals surface area contributed by atoms with E-state index >= 15 is 0 Å². The van der Waals surface area contributed by atoms with Gasteiger partial charge >= 0.3 is 0 Å². The predicted molar refractivity (Wildman–Crippen MR) is 52.8 cm³/mol. The highest BCUT2D eigenvalue weighted by atomic mass is 14.5. The zero-order valence-corrected chi connectivity index (χ0v) is 7.61. The van der Waals surface area contributed by atoms with Crippen LogP contribution < -0.4 is 0 Å². The van der Waals surface area contributed by atoms with Crippen LogP contribution in [0.1, 0.15) is 60.3 Å². The molecule has 2 aliphatic rings. The van der Waals surface area contributed by atoms with Gasteiger partial charge < -0.3 is 0 Å². The lowest BCUT2D eigenvalue weighted by Gasteiger charge is -2.53. The first-order valence-corrected chi connectivity index (χ1v) is 4.81. The van der Waals surface area contributed by atoms with Crippen LogP contribution in [0, 0.1) is 11.3 Å². The van der Waals surface area contributed by atoms with Gasteiger partial charge in [-0.15, -0.1) is 0 Å². The van der Waals surface area contributed by atoms with Crippen LogP contribution in [-0.2, 0) is 0 Å². The Bertz CT molecular complexity index is 92.6. The summed E-state index contributed by atoms with van der Waals surface area (Å²) in [6, 6.07) is 0. The lowest BCUT2D eigenvalue weighted by atomic mass is 9.52. The van der Waals surface area contributed by atoms with E-state index in [9.17, 15) is 0 Å². The van der Waals surface area contributed by atoms with E-state index < -0.39 is 0 Å². The first-order chi connectivity index (χ1) is 4.81. The van der Waals surface area contributed by atoms with E-state index in [0.717, 1.165) is 11.3 Å². The van der Waals surface area contributed by atoms with Crippen LogP contribution >= 0.6 is 0 Å². The second-order valence-corrected chi connectivity index (χ2v) is 3.87. The molecule has 0 bridgehead atoms. The number of rotatable bonds is 0. The molecule has 0 amide bonds. The highest BCUT2D eigenvalue weighted by Gasteiger charge is 2.45. The minimum atomic E-state index is 0. The smallest absolute Gasteiger partial charge is 0.0292 e. The summed E-state index contributed by atoms with van der Waals surface area (Å²) in [6.07, 6.45) is 7.72. The zero-order chi connectivity index (χ0) is 7.61. The molecule has 0 unspecified atom stereocenters. The fraction of sp³-hybridized carbons (Fsp3) is 1.00. The van der Waals surface area contributed by atoms with Gasteiger partial charge in [0.05, 0.1) is 0 Å². The van der Waals surface area contributed by atoms with Gasteiger partial charge in [-0.05, 0) is 37.0 Å². The average molecular weight is 156 g/mol. The van der Waals surface area contributed by atoms with Crippen molar-refractivity contribution in [1.82, 2.24) is 0 Å². The number of hydrogen-bond donors (Lipinski definition) is 0. The van der Waals surface area contributed by atoms with Crippen molar-refractivity contribution in [3.63, 3.8) is 0 Å². The highest BCUT2D eigenvalue weighted by Crippen LogP contribution is 2.58. The van der Waals surface area contributed by atoms with Crippen LogP contribution in [-0.4, -0.2) is 0 Å². The Morgan fingerprint density at radius 3 is 1.64 bits per heavy atom. The quantitative estimate of drug-likeness (QED) is 0.492. The molecule has 0 radical (unpaired) electrons. The number of hydrogen-bond acceptors (Lipinski definition) is 0. The zero-order valence-electron chi connectivity index (χ0n) is 7.61. The van der Waals surface area contributed by atoms with Crippen molar-refractivity contribution in [1.29, 1.82) is 0 Å². The van der Waals surface area contributed by atoms with Crippen molar-refractivity contribution in [2.24, 2.45) is 11.3 Å². The van der Waals surface area contributed by atoms with Gasteiger partial charge in [0.15, 0.2) is 0 Å². The summed E-state index contributed by atoms with van der Waals surface area (Å²) >= 11 is 0. The van der Waals surface area contributed by atoms with Gasteiger partial charge in [-0.1, -0.05) is 34.6 Å². The summed E-state index contributed by atoms with van der Waals surface area (Å²) in [5.74, 6) is 1.07. The molecule has 0 heteroatoms. The molecule has 0 aromatic heterocycles. The molecule has 2 fully saturated rings. The molecule has 11 heavy (non-hydrogen) atoms. The van der Waals surface area contributed by atoms with Crippen molar-refractivity contribution in [2.45, 2.75) is 60.3 Å². The Kier molecular flexibility index (Phi) is 4.13.